The SMILES string of the molecule is O=Cc1cn2c(c(O)c1=O)C(=O)N(Cc1ccc(F)cc1)CN2CC1CCCC1. The molecule has 0 atom stereocenters. The molecule has 1 aliphatic carbocycles. The predicted octanol–water partition coefficient (Wildman–Crippen LogP) is 2.25. The van der Waals surface area contributed by atoms with Gasteiger partial charge in [-0.05, 0) is 36.5 Å². The molecule has 1 saturated carbocycles. The van der Waals surface area contributed by atoms with Crippen molar-refractivity contribution >= 4 is 12.2 Å². The highest BCUT2D eigenvalue weighted by atomic mass is 19.1. The Balaban J connectivity index is 1.73. The van der Waals surface area contributed by atoms with Crippen LogP contribution in [0.4, 0.5) is 4.39 Å². The maximum atomic E-state index is 13.2. The molecule has 2 heterocycles. The molecule has 0 spiro atoms. The van der Waals surface area contributed by atoms with Gasteiger partial charge in [0.25, 0.3) is 5.91 Å². The monoisotopic (exact) mass is 399 g/mol. The smallest absolute Gasteiger partial charge is 0.278 e. The summed E-state index contributed by atoms with van der Waals surface area (Å²) in [5.41, 5.74) is -0.459. The lowest BCUT2D eigenvalue weighted by Crippen LogP contribution is -2.55. The lowest BCUT2D eigenvalue weighted by Gasteiger charge is -2.41. The van der Waals surface area contributed by atoms with E-state index in [-0.39, 0.29) is 30.3 Å². The van der Waals surface area contributed by atoms with Crippen LogP contribution in [0, 0.1) is 11.7 Å². The van der Waals surface area contributed by atoms with E-state index in [1.165, 1.54) is 27.9 Å². The molecule has 152 valence electrons. The van der Waals surface area contributed by atoms with Crippen molar-refractivity contribution in [3.05, 3.63) is 63.3 Å². The van der Waals surface area contributed by atoms with Gasteiger partial charge in [-0.1, -0.05) is 25.0 Å². The Morgan fingerprint density at radius 1 is 1.14 bits per heavy atom. The van der Waals surface area contributed by atoms with Crippen molar-refractivity contribution in [1.82, 2.24) is 9.58 Å². The van der Waals surface area contributed by atoms with E-state index in [1.54, 1.807) is 12.1 Å². The van der Waals surface area contributed by atoms with Gasteiger partial charge in [0, 0.05) is 19.3 Å². The van der Waals surface area contributed by atoms with E-state index in [1.807, 2.05) is 5.01 Å². The zero-order valence-electron chi connectivity index (χ0n) is 15.9. The first-order chi connectivity index (χ1) is 14.0. The Morgan fingerprint density at radius 2 is 1.83 bits per heavy atom. The molecule has 2 aliphatic rings. The van der Waals surface area contributed by atoms with E-state index in [9.17, 15) is 23.9 Å². The van der Waals surface area contributed by atoms with Gasteiger partial charge in [0.05, 0.1) is 5.56 Å². The van der Waals surface area contributed by atoms with Gasteiger partial charge in [0.2, 0.25) is 5.43 Å². The highest BCUT2D eigenvalue weighted by molar-refractivity contribution is 5.96. The third-order valence-electron chi connectivity index (χ3n) is 5.68. The van der Waals surface area contributed by atoms with E-state index >= 15 is 0 Å². The summed E-state index contributed by atoms with van der Waals surface area (Å²) < 4.78 is 14.7. The Labute approximate surface area is 166 Å². The van der Waals surface area contributed by atoms with E-state index in [2.05, 4.69) is 0 Å². The van der Waals surface area contributed by atoms with Gasteiger partial charge < -0.3 is 10.0 Å². The largest absolute Gasteiger partial charge is 0.502 e. The zero-order chi connectivity index (χ0) is 20.5. The Bertz CT molecular complexity index is 996. The maximum Gasteiger partial charge on any atom is 0.278 e. The number of aromatic hydroxyl groups is 1. The van der Waals surface area contributed by atoms with Gasteiger partial charge in [0.1, 0.15) is 12.5 Å². The first-order valence-electron chi connectivity index (χ1n) is 9.70. The van der Waals surface area contributed by atoms with E-state index < -0.39 is 17.1 Å². The van der Waals surface area contributed by atoms with Gasteiger partial charge >= 0.3 is 0 Å². The molecule has 0 bridgehead atoms. The number of rotatable bonds is 5. The van der Waals surface area contributed by atoms with Gasteiger partial charge in [-0.25, -0.2) is 4.39 Å². The number of nitrogens with zero attached hydrogens (tertiary/aromatic N) is 3. The number of amides is 1. The molecule has 7 nitrogen and oxygen atoms in total. The molecular formula is C21H22FN3O4. The van der Waals surface area contributed by atoms with Crippen molar-refractivity contribution in [2.45, 2.75) is 32.2 Å². The third-order valence-corrected chi connectivity index (χ3v) is 5.68. The minimum atomic E-state index is -0.857. The van der Waals surface area contributed by atoms with Gasteiger partial charge in [-0.15, -0.1) is 0 Å². The number of aldehydes is 1. The summed E-state index contributed by atoms with van der Waals surface area (Å²) in [7, 11) is 0. The fourth-order valence-corrected chi connectivity index (χ4v) is 4.16. The number of benzene rings is 1. The summed E-state index contributed by atoms with van der Waals surface area (Å²) >= 11 is 0. The van der Waals surface area contributed by atoms with E-state index in [0.717, 1.165) is 31.2 Å². The molecule has 1 aromatic heterocycles. The first-order valence-corrected chi connectivity index (χ1v) is 9.70. The summed E-state index contributed by atoms with van der Waals surface area (Å²) in [4.78, 5) is 38.1. The fraction of sp³-hybridized carbons (Fsp3) is 0.381. The number of hydrogen-bond donors (Lipinski definition) is 1. The highest BCUT2D eigenvalue weighted by Crippen LogP contribution is 2.28. The molecule has 0 unspecified atom stereocenters. The molecular weight excluding hydrogens is 377 g/mol. The van der Waals surface area contributed by atoms with Crippen molar-refractivity contribution in [3.8, 4) is 5.75 Å². The molecule has 1 amide bonds. The molecule has 2 aromatic rings. The number of halogens is 1. The summed E-state index contributed by atoms with van der Waals surface area (Å²) in [6.07, 6.45) is 6.16. The average molecular weight is 399 g/mol. The van der Waals surface area contributed by atoms with Crippen LogP contribution >= 0.6 is 0 Å². The van der Waals surface area contributed by atoms with Gasteiger partial charge in [0.15, 0.2) is 17.7 Å². The van der Waals surface area contributed by atoms with Gasteiger partial charge in [-0.3, -0.25) is 24.1 Å². The number of hydrogen-bond acceptors (Lipinski definition) is 5. The van der Waals surface area contributed by atoms with Gasteiger partial charge in [-0.2, -0.15) is 0 Å². The molecule has 8 heteroatoms. The summed E-state index contributed by atoms with van der Waals surface area (Å²) in [6, 6.07) is 5.85. The van der Waals surface area contributed by atoms with Crippen LogP contribution in [0.5, 0.6) is 5.75 Å². The second kappa shape index (κ2) is 7.69. The minimum absolute atomic E-state index is 0.146. The van der Waals surface area contributed by atoms with Crippen LogP contribution in [0.1, 0.15) is 52.1 Å². The van der Waals surface area contributed by atoms with Crippen LogP contribution in [0.2, 0.25) is 0 Å². The second-order valence-corrected chi connectivity index (χ2v) is 7.68. The Kier molecular flexibility index (Phi) is 5.08. The fourth-order valence-electron chi connectivity index (χ4n) is 4.16. The highest BCUT2D eigenvalue weighted by Gasteiger charge is 2.34. The van der Waals surface area contributed by atoms with Crippen molar-refractivity contribution in [3.63, 3.8) is 0 Å². The van der Waals surface area contributed by atoms with Crippen LogP contribution < -0.4 is 10.4 Å². The molecule has 1 aliphatic heterocycles. The number of fused-ring (bicyclic) bond motifs is 1. The molecule has 4 rings (SSSR count). The summed E-state index contributed by atoms with van der Waals surface area (Å²) in [6.45, 7) is 1.09. The van der Waals surface area contributed by atoms with Crippen LogP contribution in [0.3, 0.4) is 0 Å². The van der Waals surface area contributed by atoms with E-state index in [0.29, 0.717) is 18.7 Å². The summed E-state index contributed by atoms with van der Waals surface area (Å²) in [5, 5.41) is 12.3. The van der Waals surface area contributed by atoms with Crippen molar-refractivity contribution in [2.24, 2.45) is 5.92 Å². The number of carbonyl (C=O) groups excluding carboxylic acids is 2. The average Bonchev–Trinajstić information content (AvgIpc) is 3.22. The first kappa shape index (κ1) is 19.2. The molecule has 1 fully saturated rings. The normalized spacial score (nSPS) is 16.9. The Morgan fingerprint density at radius 3 is 2.48 bits per heavy atom. The van der Waals surface area contributed by atoms with Crippen LogP contribution in [0.25, 0.3) is 0 Å². The summed E-state index contributed by atoms with van der Waals surface area (Å²) in [5.74, 6) is -1.16. The van der Waals surface area contributed by atoms with Crippen molar-refractivity contribution < 1.29 is 19.1 Å². The quantitative estimate of drug-likeness (QED) is 0.780. The molecule has 1 aromatic carbocycles. The number of aromatic nitrogens is 1. The van der Waals surface area contributed by atoms with Crippen molar-refractivity contribution in [1.29, 1.82) is 0 Å². The van der Waals surface area contributed by atoms with Crippen molar-refractivity contribution in [2.75, 3.05) is 18.2 Å². The van der Waals surface area contributed by atoms with E-state index in [4.69, 9.17) is 0 Å². The molecule has 0 saturated heterocycles. The number of pyridine rings is 1. The second-order valence-electron chi connectivity index (χ2n) is 7.68. The number of carbonyl (C=O) groups is 2. The third kappa shape index (κ3) is 3.62. The van der Waals surface area contributed by atoms with Crippen LogP contribution in [-0.2, 0) is 6.54 Å². The lowest BCUT2D eigenvalue weighted by atomic mass is 10.1. The standard InChI is InChI=1S/C21H22FN3O4/c22-17-7-5-15(6-8-17)9-23-13-24(10-14-3-1-2-4-14)25-11-16(12-26)19(27)20(28)18(25)21(23)29/h5-8,11-12,14,28H,1-4,9-10,13H2. The molecule has 29 heavy (non-hydrogen) atoms. The van der Waals surface area contributed by atoms with Crippen LogP contribution in [-0.4, -0.2) is 40.1 Å². The molecule has 1 N–H and O–H groups in total. The maximum absolute atomic E-state index is 13.2. The zero-order valence-corrected chi connectivity index (χ0v) is 15.9. The molecule has 0 radical (unpaired) electrons. The predicted molar refractivity (Wildman–Crippen MR) is 104 cm³/mol. The Hall–Kier alpha value is -3.16. The topological polar surface area (TPSA) is 82.8 Å². The lowest BCUT2D eigenvalue weighted by molar-refractivity contribution is 0.0667. The minimum Gasteiger partial charge on any atom is -0.502 e. The van der Waals surface area contributed by atoms with Crippen LogP contribution in [0.15, 0.2) is 35.3 Å².